The van der Waals surface area contributed by atoms with Crippen molar-refractivity contribution in [3.63, 3.8) is 0 Å². The molecule has 0 aromatic carbocycles. The first-order valence-electron chi connectivity index (χ1n) is 9.01. The zero-order valence-electron chi connectivity index (χ0n) is 15.7. The second kappa shape index (κ2) is 9.35. The number of aryl methyl sites for hydroxylation is 3. The van der Waals surface area contributed by atoms with E-state index in [2.05, 4.69) is 5.10 Å². The standard InChI is InChI=1S/C18H27N3O5/c1-4-25-18(24)15-5-8-20(9-6-15)16(22)12-26-17(23)7-10-21-14(3)11-13(2)19-21/h11,15H,4-10,12H2,1-3H3. The number of piperidine rings is 1. The highest BCUT2D eigenvalue weighted by Crippen LogP contribution is 2.18. The molecule has 0 unspecified atom stereocenters. The van der Waals surface area contributed by atoms with Gasteiger partial charge < -0.3 is 14.4 Å². The van der Waals surface area contributed by atoms with Gasteiger partial charge in [0, 0.05) is 18.8 Å². The van der Waals surface area contributed by atoms with Crippen LogP contribution in [0, 0.1) is 19.8 Å². The summed E-state index contributed by atoms with van der Waals surface area (Å²) in [7, 11) is 0. The summed E-state index contributed by atoms with van der Waals surface area (Å²) >= 11 is 0. The molecule has 0 radical (unpaired) electrons. The number of rotatable bonds is 7. The molecule has 0 bridgehead atoms. The fraction of sp³-hybridized carbons (Fsp3) is 0.667. The maximum absolute atomic E-state index is 12.2. The Bertz CT molecular complexity index is 647. The first-order chi connectivity index (χ1) is 12.4. The molecule has 1 aromatic heterocycles. The van der Waals surface area contributed by atoms with Crippen LogP contribution in [-0.2, 0) is 30.4 Å². The van der Waals surface area contributed by atoms with Crippen molar-refractivity contribution in [1.29, 1.82) is 0 Å². The van der Waals surface area contributed by atoms with Gasteiger partial charge in [0.25, 0.3) is 5.91 Å². The molecule has 8 nitrogen and oxygen atoms in total. The number of carbonyl (C=O) groups excluding carboxylic acids is 3. The van der Waals surface area contributed by atoms with Gasteiger partial charge in [-0.05, 0) is 39.7 Å². The number of esters is 2. The van der Waals surface area contributed by atoms with Crippen molar-refractivity contribution in [3.05, 3.63) is 17.5 Å². The van der Waals surface area contributed by atoms with Gasteiger partial charge in [0.05, 0.1) is 31.2 Å². The first kappa shape index (κ1) is 19.9. The Morgan fingerprint density at radius 2 is 1.88 bits per heavy atom. The van der Waals surface area contributed by atoms with E-state index in [0.717, 1.165) is 11.4 Å². The number of likely N-dealkylation sites (tertiary alicyclic amines) is 1. The average molecular weight is 365 g/mol. The van der Waals surface area contributed by atoms with Crippen LogP contribution in [0.5, 0.6) is 0 Å². The molecule has 0 spiro atoms. The van der Waals surface area contributed by atoms with E-state index < -0.39 is 5.97 Å². The molecule has 1 saturated heterocycles. The highest BCUT2D eigenvalue weighted by molar-refractivity contribution is 5.81. The van der Waals surface area contributed by atoms with Gasteiger partial charge >= 0.3 is 11.9 Å². The van der Waals surface area contributed by atoms with E-state index in [4.69, 9.17) is 9.47 Å². The molecule has 1 aliphatic rings. The van der Waals surface area contributed by atoms with E-state index in [0.29, 0.717) is 39.1 Å². The summed E-state index contributed by atoms with van der Waals surface area (Å²) in [4.78, 5) is 37.3. The molecule has 1 fully saturated rings. The normalized spacial score (nSPS) is 15.0. The molecule has 0 aliphatic carbocycles. The number of carbonyl (C=O) groups is 3. The zero-order chi connectivity index (χ0) is 19.1. The van der Waals surface area contributed by atoms with Crippen LogP contribution in [0.1, 0.15) is 37.6 Å². The number of nitrogens with zero attached hydrogens (tertiary/aromatic N) is 3. The summed E-state index contributed by atoms with van der Waals surface area (Å²) in [5.74, 6) is -1.00. The number of amides is 1. The molecule has 1 amide bonds. The van der Waals surface area contributed by atoms with E-state index in [1.807, 2.05) is 19.9 Å². The lowest BCUT2D eigenvalue weighted by Gasteiger charge is -2.30. The van der Waals surface area contributed by atoms with Crippen LogP contribution in [0.2, 0.25) is 0 Å². The van der Waals surface area contributed by atoms with Crippen molar-refractivity contribution in [2.75, 3.05) is 26.3 Å². The topological polar surface area (TPSA) is 90.7 Å². The molecule has 1 aromatic rings. The Hall–Kier alpha value is -2.38. The Kier molecular flexibility index (Phi) is 7.17. The van der Waals surface area contributed by atoms with E-state index in [-0.39, 0.29) is 30.8 Å². The quantitative estimate of drug-likeness (QED) is 0.675. The highest BCUT2D eigenvalue weighted by Gasteiger charge is 2.28. The number of hydrogen-bond donors (Lipinski definition) is 0. The van der Waals surface area contributed by atoms with Crippen LogP contribution in [-0.4, -0.2) is 58.8 Å². The minimum Gasteiger partial charge on any atom is -0.466 e. The monoisotopic (exact) mass is 365 g/mol. The largest absolute Gasteiger partial charge is 0.466 e. The summed E-state index contributed by atoms with van der Waals surface area (Å²) in [6.07, 6.45) is 1.33. The number of aromatic nitrogens is 2. The maximum atomic E-state index is 12.2. The highest BCUT2D eigenvalue weighted by atomic mass is 16.5. The van der Waals surface area contributed by atoms with E-state index >= 15 is 0 Å². The summed E-state index contributed by atoms with van der Waals surface area (Å²) in [6, 6.07) is 1.94. The zero-order valence-corrected chi connectivity index (χ0v) is 15.7. The lowest BCUT2D eigenvalue weighted by molar-refractivity contribution is -0.155. The predicted octanol–water partition coefficient (Wildman–Crippen LogP) is 1.23. The smallest absolute Gasteiger partial charge is 0.309 e. The van der Waals surface area contributed by atoms with Crippen molar-refractivity contribution in [1.82, 2.24) is 14.7 Å². The van der Waals surface area contributed by atoms with Crippen molar-refractivity contribution in [3.8, 4) is 0 Å². The van der Waals surface area contributed by atoms with E-state index in [1.165, 1.54) is 0 Å². The van der Waals surface area contributed by atoms with Gasteiger partial charge in [-0.2, -0.15) is 5.10 Å². The van der Waals surface area contributed by atoms with Crippen molar-refractivity contribution >= 4 is 17.8 Å². The van der Waals surface area contributed by atoms with Crippen LogP contribution in [0.3, 0.4) is 0 Å². The SMILES string of the molecule is CCOC(=O)C1CCN(C(=O)COC(=O)CCn2nc(C)cc2C)CC1. The van der Waals surface area contributed by atoms with Crippen LogP contribution < -0.4 is 0 Å². The summed E-state index contributed by atoms with van der Waals surface area (Å²) in [5, 5.41) is 4.28. The van der Waals surface area contributed by atoms with Gasteiger partial charge in [0.1, 0.15) is 0 Å². The Morgan fingerprint density at radius 3 is 2.46 bits per heavy atom. The van der Waals surface area contributed by atoms with Crippen molar-refractivity contribution < 1.29 is 23.9 Å². The summed E-state index contributed by atoms with van der Waals surface area (Å²) in [6.45, 7) is 7.08. The summed E-state index contributed by atoms with van der Waals surface area (Å²) < 4.78 is 11.8. The number of hydrogen-bond acceptors (Lipinski definition) is 6. The lowest BCUT2D eigenvalue weighted by atomic mass is 9.97. The molecular weight excluding hydrogens is 338 g/mol. The fourth-order valence-electron chi connectivity index (χ4n) is 3.03. The second-order valence-electron chi connectivity index (χ2n) is 6.47. The molecule has 26 heavy (non-hydrogen) atoms. The minimum atomic E-state index is -0.424. The molecule has 8 heteroatoms. The Labute approximate surface area is 153 Å². The summed E-state index contributed by atoms with van der Waals surface area (Å²) in [5.41, 5.74) is 1.88. The first-order valence-corrected chi connectivity index (χ1v) is 9.01. The lowest BCUT2D eigenvalue weighted by Crippen LogP contribution is -2.42. The van der Waals surface area contributed by atoms with E-state index in [1.54, 1.807) is 16.5 Å². The average Bonchev–Trinajstić information content (AvgIpc) is 2.95. The maximum Gasteiger partial charge on any atom is 0.309 e. The van der Waals surface area contributed by atoms with Crippen LogP contribution in [0.4, 0.5) is 0 Å². The van der Waals surface area contributed by atoms with Gasteiger partial charge in [-0.25, -0.2) is 0 Å². The molecule has 1 aliphatic heterocycles. The third-order valence-electron chi connectivity index (χ3n) is 4.46. The molecule has 2 rings (SSSR count). The van der Waals surface area contributed by atoms with Crippen molar-refractivity contribution in [2.24, 2.45) is 5.92 Å². The van der Waals surface area contributed by atoms with Gasteiger partial charge in [0.15, 0.2) is 6.61 Å². The molecule has 2 heterocycles. The van der Waals surface area contributed by atoms with Gasteiger partial charge in [0.2, 0.25) is 0 Å². The molecule has 0 atom stereocenters. The van der Waals surface area contributed by atoms with Crippen LogP contribution >= 0.6 is 0 Å². The third kappa shape index (κ3) is 5.57. The Balaban J connectivity index is 1.67. The second-order valence-corrected chi connectivity index (χ2v) is 6.47. The van der Waals surface area contributed by atoms with Crippen molar-refractivity contribution in [2.45, 2.75) is 46.6 Å². The molecule has 0 saturated carbocycles. The third-order valence-corrected chi connectivity index (χ3v) is 4.46. The molecule has 0 N–H and O–H groups in total. The van der Waals surface area contributed by atoms with Gasteiger partial charge in [-0.1, -0.05) is 0 Å². The predicted molar refractivity (Wildman–Crippen MR) is 93.2 cm³/mol. The minimum absolute atomic E-state index is 0.151. The molecular formula is C18H27N3O5. The van der Waals surface area contributed by atoms with E-state index in [9.17, 15) is 14.4 Å². The fourth-order valence-corrected chi connectivity index (χ4v) is 3.03. The van der Waals surface area contributed by atoms with Crippen LogP contribution in [0.15, 0.2) is 6.07 Å². The van der Waals surface area contributed by atoms with Gasteiger partial charge in [-0.3, -0.25) is 19.1 Å². The van der Waals surface area contributed by atoms with Crippen LogP contribution in [0.25, 0.3) is 0 Å². The van der Waals surface area contributed by atoms with Gasteiger partial charge in [-0.15, -0.1) is 0 Å². The molecule has 144 valence electrons. The Morgan fingerprint density at radius 1 is 1.19 bits per heavy atom. The number of ether oxygens (including phenoxy) is 2.